The number of carbonyl (C=O) groups excluding carboxylic acids is 1. The number of carboxylic acid groups (broad SMARTS) is 1. The zero-order chi connectivity index (χ0) is 15.8. The van der Waals surface area contributed by atoms with Crippen molar-refractivity contribution in [2.45, 2.75) is 33.1 Å². The maximum Gasteiger partial charge on any atom is 0.337 e. The Labute approximate surface area is 124 Å². The molecule has 6 heteroatoms. The summed E-state index contributed by atoms with van der Waals surface area (Å²) in [6.45, 7) is 4.84. The van der Waals surface area contributed by atoms with E-state index in [-0.39, 0.29) is 17.0 Å². The Morgan fingerprint density at radius 3 is 2.57 bits per heavy atom. The second-order valence-corrected chi connectivity index (χ2v) is 5.31. The van der Waals surface area contributed by atoms with Crippen LogP contribution in [0, 0.1) is 5.92 Å². The highest BCUT2D eigenvalue weighted by molar-refractivity contribution is 6.00. The van der Waals surface area contributed by atoms with Crippen molar-refractivity contribution in [3.8, 4) is 5.75 Å². The minimum atomic E-state index is -1.21. The number of hydrogen-bond donors (Lipinski definition) is 4. The van der Waals surface area contributed by atoms with E-state index in [1.807, 2.05) is 0 Å². The van der Waals surface area contributed by atoms with Gasteiger partial charge in [-0.3, -0.25) is 0 Å². The van der Waals surface area contributed by atoms with Gasteiger partial charge in [-0.25, -0.2) is 9.59 Å². The molecule has 2 amide bonds. The molecule has 0 atom stereocenters. The van der Waals surface area contributed by atoms with Gasteiger partial charge in [0.05, 0.1) is 11.3 Å². The summed E-state index contributed by atoms with van der Waals surface area (Å²) in [5.74, 6) is -0.723. The van der Waals surface area contributed by atoms with Crippen LogP contribution in [-0.4, -0.2) is 28.8 Å². The number of rotatable bonds is 7. The maximum atomic E-state index is 11.7. The lowest BCUT2D eigenvalue weighted by molar-refractivity contribution is 0.0697. The summed E-state index contributed by atoms with van der Waals surface area (Å²) in [5, 5.41) is 23.4. The molecule has 0 radical (unpaired) electrons. The van der Waals surface area contributed by atoms with E-state index in [2.05, 4.69) is 24.5 Å². The molecule has 1 aromatic rings. The topological polar surface area (TPSA) is 98.7 Å². The van der Waals surface area contributed by atoms with Crippen LogP contribution in [0.2, 0.25) is 0 Å². The zero-order valence-corrected chi connectivity index (χ0v) is 12.3. The molecule has 1 rings (SSSR count). The van der Waals surface area contributed by atoms with E-state index in [9.17, 15) is 14.7 Å². The van der Waals surface area contributed by atoms with Gasteiger partial charge in [0, 0.05) is 6.54 Å². The van der Waals surface area contributed by atoms with Crippen LogP contribution in [0.25, 0.3) is 0 Å². The highest BCUT2D eigenvalue weighted by atomic mass is 16.4. The van der Waals surface area contributed by atoms with Crippen molar-refractivity contribution < 1.29 is 19.8 Å². The van der Waals surface area contributed by atoms with Gasteiger partial charge in [0.2, 0.25) is 0 Å². The minimum absolute atomic E-state index is 0.148. The molecule has 116 valence electrons. The predicted octanol–water partition coefficient (Wildman–Crippen LogP) is 3.04. The Kier molecular flexibility index (Phi) is 6.52. The lowest BCUT2D eigenvalue weighted by Crippen LogP contribution is -2.30. The summed E-state index contributed by atoms with van der Waals surface area (Å²) in [6, 6.07) is 3.33. The maximum absolute atomic E-state index is 11.7. The fourth-order valence-corrected chi connectivity index (χ4v) is 1.86. The lowest BCUT2D eigenvalue weighted by atomic mass is 10.1. The Bertz CT molecular complexity index is 500. The van der Waals surface area contributed by atoms with Crippen molar-refractivity contribution in [1.82, 2.24) is 5.32 Å². The zero-order valence-electron chi connectivity index (χ0n) is 12.3. The quantitative estimate of drug-likeness (QED) is 0.459. The molecule has 0 aliphatic carbocycles. The standard InChI is InChI=1S/C15H22N2O4/c1-10(2)5-3-4-8-16-15(21)17-13-7-6-11(18)9-12(13)14(19)20/h6-7,9-10,18H,3-5,8H2,1-2H3,(H,19,20)(H2,16,17,21). The third-order valence-electron chi connectivity index (χ3n) is 2.98. The average molecular weight is 294 g/mol. The van der Waals surface area contributed by atoms with E-state index >= 15 is 0 Å². The van der Waals surface area contributed by atoms with E-state index in [1.54, 1.807) is 0 Å². The molecular formula is C15H22N2O4. The first-order valence-electron chi connectivity index (χ1n) is 7.01. The fourth-order valence-electron chi connectivity index (χ4n) is 1.86. The van der Waals surface area contributed by atoms with Gasteiger partial charge >= 0.3 is 12.0 Å². The van der Waals surface area contributed by atoms with Crippen LogP contribution in [-0.2, 0) is 0 Å². The molecule has 0 aliphatic heterocycles. The molecule has 21 heavy (non-hydrogen) atoms. The van der Waals surface area contributed by atoms with E-state index < -0.39 is 12.0 Å². The van der Waals surface area contributed by atoms with Crippen molar-refractivity contribution in [1.29, 1.82) is 0 Å². The highest BCUT2D eigenvalue weighted by Crippen LogP contribution is 2.21. The molecule has 0 fully saturated rings. The summed E-state index contributed by atoms with van der Waals surface area (Å²) in [7, 11) is 0. The number of nitrogens with one attached hydrogen (secondary N) is 2. The smallest absolute Gasteiger partial charge is 0.337 e. The monoisotopic (exact) mass is 294 g/mol. The molecule has 0 saturated heterocycles. The van der Waals surface area contributed by atoms with Crippen molar-refractivity contribution in [2.75, 3.05) is 11.9 Å². The van der Waals surface area contributed by atoms with Crippen LogP contribution in [0.4, 0.5) is 10.5 Å². The van der Waals surface area contributed by atoms with Gasteiger partial charge in [0.25, 0.3) is 0 Å². The first-order chi connectivity index (χ1) is 9.90. The van der Waals surface area contributed by atoms with Gasteiger partial charge in [0.1, 0.15) is 5.75 Å². The molecule has 1 aromatic carbocycles. The average Bonchev–Trinajstić information content (AvgIpc) is 2.39. The van der Waals surface area contributed by atoms with Gasteiger partial charge in [-0.05, 0) is 30.5 Å². The lowest BCUT2D eigenvalue weighted by Gasteiger charge is -2.10. The number of carboxylic acids is 1. The van der Waals surface area contributed by atoms with Crippen LogP contribution >= 0.6 is 0 Å². The summed E-state index contributed by atoms with van der Waals surface area (Å²) in [5.41, 5.74) is 0.00457. The summed E-state index contributed by atoms with van der Waals surface area (Å²) in [4.78, 5) is 22.7. The van der Waals surface area contributed by atoms with Crippen LogP contribution in [0.3, 0.4) is 0 Å². The van der Waals surface area contributed by atoms with Crippen molar-refractivity contribution >= 4 is 17.7 Å². The van der Waals surface area contributed by atoms with E-state index in [4.69, 9.17) is 5.11 Å². The van der Waals surface area contributed by atoms with Gasteiger partial charge in [-0.1, -0.05) is 26.7 Å². The molecule has 0 aliphatic rings. The number of aromatic carboxylic acids is 1. The van der Waals surface area contributed by atoms with Gasteiger partial charge in [0.15, 0.2) is 0 Å². The molecule has 0 saturated carbocycles. The number of aromatic hydroxyl groups is 1. The van der Waals surface area contributed by atoms with Crippen molar-refractivity contribution in [2.24, 2.45) is 5.92 Å². The largest absolute Gasteiger partial charge is 0.508 e. The number of unbranched alkanes of at least 4 members (excludes halogenated alkanes) is 1. The number of anilines is 1. The molecule has 0 heterocycles. The number of amides is 2. The number of phenols is 1. The number of carbonyl (C=O) groups is 2. The highest BCUT2D eigenvalue weighted by Gasteiger charge is 2.13. The van der Waals surface area contributed by atoms with E-state index in [0.717, 1.165) is 25.3 Å². The summed E-state index contributed by atoms with van der Waals surface area (Å²) in [6.07, 6.45) is 3.04. The second kappa shape index (κ2) is 8.14. The van der Waals surface area contributed by atoms with Crippen molar-refractivity contribution in [3.05, 3.63) is 23.8 Å². The summed E-state index contributed by atoms with van der Waals surface area (Å²) < 4.78 is 0. The third kappa shape index (κ3) is 6.16. The Morgan fingerprint density at radius 2 is 1.95 bits per heavy atom. The third-order valence-corrected chi connectivity index (χ3v) is 2.98. The predicted molar refractivity (Wildman–Crippen MR) is 80.8 cm³/mol. The molecule has 6 nitrogen and oxygen atoms in total. The van der Waals surface area contributed by atoms with Crippen molar-refractivity contribution in [3.63, 3.8) is 0 Å². The van der Waals surface area contributed by atoms with Crippen LogP contribution in [0.1, 0.15) is 43.5 Å². The molecular weight excluding hydrogens is 272 g/mol. The van der Waals surface area contributed by atoms with Crippen LogP contribution in [0.5, 0.6) is 5.75 Å². The van der Waals surface area contributed by atoms with E-state index in [1.165, 1.54) is 12.1 Å². The molecule has 0 aromatic heterocycles. The first-order valence-corrected chi connectivity index (χ1v) is 7.01. The Hall–Kier alpha value is -2.24. The van der Waals surface area contributed by atoms with Crippen LogP contribution in [0.15, 0.2) is 18.2 Å². The number of hydrogen-bond acceptors (Lipinski definition) is 3. The molecule has 0 bridgehead atoms. The fraction of sp³-hybridized carbons (Fsp3) is 0.467. The number of urea groups is 1. The van der Waals surface area contributed by atoms with Gasteiger partial charge in [-0.2, -0.15) is 0 Å². The van der Waals surface area contributed by atoms with Gasteiger partial charge < -0.3 is 20.8 Å². The molecule has 0 unspecified atom stereocenters. The van der Waals surface area contributed by atoms with Gasteiger partial charge in [-0.15, -0.1) is 0 Å². The van der Waals surface area contributed by atoms with Crippen LogP contribution < -0.4 is 10.6 Å². The molecule has 0 spiro atoms. The second-order valence-electron chi connectivity index (χ2n) is 5.31. The normalized spacial score (nSPS) is 10.4. The Balaban J connectivity index is 2.46. The first kappa shape index (κ1) is 16.8. The Morgan fingerprint density at radius 1 is 1.24 bits per heavy atom. The number of benzene rings is 1. The van der Waals surface area contributed by atoms with E-state index in [0.29, 0.717) is 12.5 Å². The number of phenolic OH excluding ortho intramolecular Hbond substituents is 1. The molecule has 4 N–H and O–H groups in total. The summed E-state index contributed by atoms with van der Waals surface area (Å²) >= 11 is 0. The minimum Gasteiger partial charge on any atom is -0.508 e. The SMILES string of the molecule is CC(C)CCCCNC(=O)Nc1ccc(O)cc1C(=O)O.